The first-order chi connectivity index (χ1) is 9.88. The van der Waals surface area contributed by atoms with Gasteiger partial charge in [-0.3, -0.25) is 0 Å². The average molecular weight is 304 g/mol. The summed E-state index contributed by atoms with van der Waals surface area (Å²) in [5.41, 5.74) is 10.7. The number of hydrogen-bond acceptors (Lipinski definition) is 2. The van der Waals surface area contributed by atoms with Gasteiger partial charge in [0.15, 0.2) is 0 Å². The number of benzene rings is 2. The van der Waals surface area contributed by atoms with E-state index in [4.69, 9.17) is 22.1 Å². The molecule has 112 valence electrons. The zero-order valence-electron chi connectivity index (χ0n) is 13.0. The number of aryl methyl sites for hydroxylation is 2. The van der Waals surface area contributed by atoms with Crippen LogP contribution in [0.1, 0.15) is 35.3 Å². The lowest BCUT2D eigenvalue weighted by Crippen LogP contribution is -2.29. The molecule has 0 saturated carbocycles. The highest BCUT2D eigenvalue weighted by Crippen LogP contribution is 2.30. The van der Waals surface area contributed by atoms with E-state index in [1.54, 1.807) is 0 Å². The fourth-order valence-corrected chi connectivity index (χ4v) is 2.52. The van der Waals surface area contributed by atoms with Gasteiger partial charge in [-0.1, -0.05) is 29.8 Å². The van der Waals surface area contributed by atoms with E-state index in [0.29, 0.717) is 5.02 Å². The van der Waals surface area contributed by atoms with Crippen molar-refractivity contribution in [3.05, 3.63) is 63.7 Å². The quantitative estimate of drug-likeness (QED) is 0.886. The molecule has 3 heteroatoms. The fourth-order valence-electron chi connectivity index (χ4n) is 2.39. The standard InChI is InChI=1S/C18H22ClNO/c1-11-9-12(2)13(3)17(10-11)21-18(14(4)20)15-5-7-16(19)8-6-15/h5-10,14,18H,20H2,1-4H3. The van der Waals surface area contributed by atoms with Gasteiger partial charge in [-0.25, -0.2) is 0 Å². The highest BCUT2D eigenvalue weighted by Gasteiger charge is 2.19. The molecule has 2 unspecified atom stereocenters. The van der Waals surface area contributed by atoms with Gasteiger partial charge in [-0.2, -0.15) is 0 Å². The van der Waals surface area contributed by atoms with E-state index in [1.165, 1.54) is 11.1 Å². The van der Waals surface area contributed by atoms with Crippen LogP contribution in [0, 0.1) is 20.8 Å². The van der Waals surface area contributed by atoms with Crippen molar-refractivity contribution in [1.82, 2.24) is 0 Å². The molecule has 0 aromatic heterocycles. The van der Waals surface area contributed by atoms with Crippen LogP contribution in [-0.2, 0) is 0 Å². The molecule has 2 N–H and O–H groups in total. The molecule has 2 atom stereocenters. The lowest BCUT2D eigenvalue weighted by Gasteiger charge is -2.25. The van der Waals surface area contributed by atoms with Gasteiger partial charge in [0.05, 0.1) is 0 Å². The second-order valence-corrected chi connectivity index (χ2v) is 6.09. The summed E-state index contributed by atoms with van der Waals surface area (Å²) in [6, 6.07) is 11.8. The maximum Gasteiger partial charge on any atom is 0.138 e. The molecule has 2 aromatic rings. The molecule has 0 heterocycles. The summed E-state index contributed by atoms with van der Waals surface area (Å²) in [7, 11) is 0. The molecule has 0 fully saturated rings. The molecule has 0 radical (unpaired) electrons. The molecule has 0 spiro atoms. The van der Waals surface area contributed by atoms with E-state index in [0.717, 1.165) is 16.9 Å². The third kappa shape index (κ3) is 3.78. The van der Waals surface area contributed by atoms with Crippen LogP contribution in [0.3, 0.4) is 0 Å². The minimum absolute atomic E-state index is 0.119. The molecule has 2 nitrogen and oxygen atoms in total. The monoisotopic (exact) mass is 303 g/mol. The van der Waals surface area contributed by atoms with E-state index in [1.807, 2.05) is 31.2 Å². The van der Waals surface area contributed by atoms with Crippen molar-refractivity contribution in [2.45, 2.75) is 39.8 Å². The topological polar surface area (TPSA) is 35.2 Å². The molecule has 0 bridgehead atoms. The predicted molar refractivity (Wildman–Crippen MR) is 89.1 cm³/mol. The summed E-state index contributed by atoms with van der Waals surface area (Å²) in [6.45, 7) is 8.20. The Morgan fingerprint density at radius 3 is 2.24 bits per heavy atom. The number of ether oxygens (including phenoxy) is 1. The molecule has 0 aliphatic carbocycles. The van der Waals surface area contributed by atoms with E-state index in [2.05, 4.69) is 32.9 Å². The highest BCUT2D eigenvalue weighted by molar-refractivity contribution is 6.30. The van der Waals surface area contributed by atoms with Crippen molar-refractivity contribution in [2.75, 3.05) is 0 Å². The Kier molecular flexibility index (Phi) is 4.92. The van der Waals surface area contributed by atoms with Crippen LogP contribution in [0.4, 0.5) is 0 Å². The number of rotatable bonds is 4. The van der Waals surface area contributed by atoms with Crippen molar-refractivity contribution >= 4 is 11.6 Å². The third-order valence-corrected chi connectivity index (χ3v) is 3.95. The summed E-state index contributed by atoms with van der Waals surface area (Å²) in [4.78, 5) is 0. The lowest BCUT2D eigenvalue weighted by atomic mass is 10.0. The van der Waals surface area contributed by atoms with E-state index in [9.17, 15) is 0 Å². The minimum atomic E-state index is -0.192. The second kappa shape index (κ2) is 6.50. The molecule has 21 heavy (non-hydrogen) atoms. The molecule has 2 aromatic carbocycles. The van der Waals surface area contributed by atoms with Crippen LogP contribution in [0.2, 0.25) is 5.02 Å². The van der Waals surface area contributed by atoms with Gasteiger partial charge in [0.25, 0.3) is 0 Å². The Hall–Kier alpha value is -1.51. The van der Waals surface area contributed by atoms with Gasteiger partial charge >= 0.3 is 0 Å². The number of halogens is 1. The summed E-state index contributed by atoms with van der Waals surface area (Å²) < 4.78 is 6.23. The molecule has 0 aliphatic heterocycles. The first-order valence-electron chi connectivity index (χ1n) is 7.14. The Balaban J connectivity index is 2.35. The SMILES string of the molecule is Cc1cc(C)c(C)c(OC(c2ccc(Cl)cc2)C(C)N)c1. The Bertz CT molecular complexity index is 620. The van der Waals surface area contributed by atoms with Crippen molar-refractivity contribution in [3.63, 3.8) is 0 Å². The number of nitrogens with two attached hydrogens (primary N) is 1. The Morgan fingerprint density at radius 1 is 1.05 bits per heavy atom. The van der Waals surface area contributed by atoms with Gasteiger partial charge in [0, 0.05) is 11.1 Å². The Labute approximate surface area is 131 Å². The van der Waals surface area contributed by atoms with Crippen molar-refractivity contribution in [2.24, 2.45) is 5.73 Å². The molecule has 0 saturated heterocycles. The van der Waals surface area contributed by atoms with E-state index in [-0.39, 0.29) is 12.1 Å². The van der Waals surface area contributed by atoms with Crippen molar-refractivity contribution in [1.29, 1.82) is 0 Å². The molecule has 0 amide bonds. The molecule has 0 aliphatic rings. The van der Waals surface area contributed by atoms with Crippen LogP contribution in [0.15, 0.2) is 36.4 Å². The van der Waals surface area contributed by atoms with Crippen molar-refractivity contribution in [3.8, 4) is 5.75 Å². The summed E-state index contributed by atoms with van der Waals surface area (Å²) >= 11 is 5.95. The zero-order valence-corrected chi connectivity index (χ0v) is 13.7. The predicted octanol–water partition coefficient (Wildman–Crippen LogP) is 4.73. The first kappa shape index (κ1) is 15.9. The highest BCUT2D eigenvalue weighted by atomic mass is 35.5. The van der Waals surface area contributed by atoms with E-state index >= 15 is 0 Å². The summed E-state index contributed by atoms with van der Waals surface area (Å²) in [6.07, 6.45) is -0.192. The van der Waals surface area contributed by atoms with Gasteiger partial charge < -0.3 is 10.5 Å². The largest absolute Gasteiger partial charge is 0.484 e. The normalized spacial score (nSPS) is 13.8. The molecular weight excluding hydrogens is 282 g/mol. The molecule has 2 rings (SSSR count). The summed E-state index contributed by atoms with van der Waals surface area (Å²) in [5.74, 6) is 0.893. The van der Waals surface area contributed by atoms with Crippen LogP contribution >= 0.6 is 11.6 Å². The van der Waals surface area contributed by atoms with Crippen LogP contribution in [-0.4, -0.2) is 6.04 Å². The first-order valence-corrected chi connectivity index (χ1v) is 7.52. The maximum absolute atomic E-state index is 6.23. The van der Waals surface area contributed by atoms with Gasteiger partial charge in [0.2, 0.25) is 0 Å². The smallest absolute Gasteiger partial charge is 0.138 e. The third-order valence-electron chi connectivity index (χ3n) is 3.69. The Morgan fingerprint density at radius 2 is 1.67 bits per heavy atom. The zero-order chi connectivity index (χ0) is 15.6. The van der Waals surface area contributed by atoms with Crippen LogP contribution in [0.25, 0.3) is 0 Å². The second-order valence-electron chi connectivity index (χ2n) is 5.65. The lowest BCUT2D eigenvalue weighted by molar-refractivity contribution is 0.179. The van der Waals surface area contributed by atoms with Gasteiger partial charge in [0.1, 0.15) is 11.9 Å². The fraction of sp³-hybridized carbons (Fsp3) is 0.333. The molecular formula is C18H22ClNO. The number of hydrogen-bond donors (Lipinski definition) is 1. The van der Waals surface area contributed by atoms with Gasteiger partial charge in [-0.15, -0.1) is 0 Å². The van der Waals surface area contributed by atoms with E-state index < -0.39 is 0 Å². The maximum atomic E-state index is 6.23. The van der Waals surface area contributed by atoms with Gasteiger partial charge in [-0.05, 0) is 68.1 Å². The minimum Gasteiger partial charge on any atom is -0.484 e. The average Bonchev–Trinajstić information content (AvgIpc) is 2.42. The van der Waals surface area contributed by atoms with Crippen LogP contribution in [0.5, 0.6) is 5.75 Å². The van der Waals surface area contributed by atoms with Crippen molar-refractivity contribution < 1.29 is 4.74 Å². The summed E-state index contributed by atoms with van der Waals surface area (Å²) in [5, 5.41) is 0.713. The van der Waals surface area contributed by atoms with Crippen LogP contribution < -0.4 is 10.5 Å².